The first-order valence-corrected chi connectivity index (χ1v) is 5.34. The molecule has 0 aromatic heterocycles. The molecule has 0 N–H and O–H groups in total. The number of benzene rings is 1. The molecule has 76 valence electrons. The molecule has 1 aromatic rings. The number of rotatable bonds is 3. The van der Waals surface area contributed by atoms with Gasteiger partial charge in [-0.15, -0.1) is 11.6 Å². The molecule has 1 aliphatic heterocycles. The largest absolute Gasteiger partial charge is 0.490 e. The van der Waals surface area contributed by atoms with Gasteiger partial charge in [0.15, 0.2) is 0 Å². The van der Waals surface area contributed by atoms with Gasteiger partial charge in [0.25, 0.3) is 0 Å². The van der Waals surface area contributed by atoms with E-state index in [1.807, 2.05) is 0 Å². The van der Waals surface area contributed by atoms with Crippen molar-refractivity contribution in [3.05, 3.63) is 29.6 Å². The van der Waals surface area contributed by atoms with Gasteiger partial charge in [0.1, 0.15) is 17.7 Å². The Bertz CT molecular complexity index is 327. The van der Waals surface area contributed by atoms with Gasteiger partial charge < -0.3 is 4.74 Å². The SMILES string of the molecule is Fc1ccc2c(c1)CC(CCCCl)O2. The highest BCUT2D eigenvalue weighted by Gasteiger charge is 2.22. The maximum atomic E-state index is 12.9. The van der Waals surface area contributed by atoms with Gasteiger partial charge in [0.05, 0.1) is 0 Å². The van der Waals surface area contributed by atoms with Crippen LogP contribution in [0.15, 0.2) is 18.2 Å². The summed E-state index contributed by atoms with van der Waals surface area (Å²) in [5.74, 6) is 1.29. The Morgan fingerprint density at radius 1 is 1.50 bits per heavy atom. The van der Waals surface area contributed by atoms with Crippen LogP contribution in [0.4, 0.5) is 4.39 Å². The van der Waals surface area contributed by atoms with E-state index in [-0.39, 0.29) is 11.9 Å². The van der Waals surface area contributed by atoms with Gasteiger partial charge in [-0.25, -0.2) is 4.39 Å². The molecule has 0 spiro atoms. The summed E-state index contributed by atoms with van der Waals surface area (Å²) in [6, 6.07) is 4.68. The lowest BCUT2D eigenvalue weighted by Crippen LogP contribution is -2.12. The van der Waals surface area contributed by atoms with Crippen molar-refractivity contribution in [3.63, 3.8) is 0 Å². The molecule has 3 heteroatoms. The minimum Gasteiger partial charge on any atom is -0.490 e. The fourth-order valence-corrected chi connectivity index (χ4v) is 1.91. The van der Waals surface area contributed by atoms with E-state index in [0.717, 1.165) is 30.6 Å². The third kappa shape index (κ3) is 2.01. The molecule has 0 amide bonds. The Morgan fingerprint density at radius 3 is 3.14 bits per heavy atom. The van der Waals surface area contributed by atoms with Gasteiger partial charge in [-0.05, 0) is 31.0 Å². The second-order valence-corrected chi connectivity index (χ2v) is 3.91. The molecule has 1 aromatic carbocycles. The summed E-state index contributed by atoms with van der Waals surface area (Å²) in [6.45, 7) is 0. The van der Waals surface area contributed by atoms with Crippen molar-refractivity contribution in [1.29, 1.82) is 0 Å². The first-order valence-electron chi connectivity index (χ1n) is 4.80. The smallest absolute Gasteiger partial charge is 0.123 e. The van der Waals surface area contributed by atoms with Crippen molar-refractivity contribution in [3.8, 4) is 5.75 Å². The van der Waals surface area contributed by atoms with Crippen LogP contribution in [0.2, 0.25) is 0 Å². The number of halogens is 2. The van der Waals surface area contributed by atoms with Crippen LogP contribution in [0.25, 0.3) is 0 Å². The van der Waals surface area contributed by atoms with Gasteiger partial charge >= 0.3 is 0 Å². The zero-order valence-electron chi connectivity index (χ0n) is 7.80. The van der Waals surface area contributed by atoms with Gasteiger partial charge in [-0.1, -0.05) is 0 Å². The summed E-state index contributed by atoms with van der Waals surface area (Å²) in [5.41, 5.74) is 0.976. The van der Waals surface area contributed by atoms with E-state index < -0.39 is 0 Å². The molecule has 1 nitrogen and oxygen atoms in total. The number of alkyl halides is 1. The lowest BCUT2D eigenvalue weighted by molar-refractivity contribution is 0.220. The lowest BCUT2D eigenvalue weighted by atomic mass is 10.1. The van der Waals surface area contributed by atoms with E-state index in [0.29, 0.717) is 5.88 Å². The molecule has 0 fully saturated rings. The summed E-state index contributed by atoms with van der Waals surface area (Å²) in [6.07, 6.45) is 2.89. The average Bonchev–Trinajstić information content (AvgIpc) is 2.56. The Labute approximate surface area is 87.8 Å². The van der Waals surface area contributed by atoms with E-state index in [1.54, 1.807) is 12.1 Å². The Balaban J connectivity index is 2.03. The van der Waals surface area contributed by atoms with Crippen LogP contribution in [0, 0.1) is 5.82 Å². The van der Waals surface area contributed by atoms with Crippen molar-refractivity contribution >= 4 is 11.6 Å². The quantitative estimate of drug-likeness (QED) is 0.703. The molecule has 1 heterocycles. The molecule has 14 heavy (non-hydrogen) atoms. The zero-order valence-corrected chi connectivity index (χ0v) is 8.56. The van der Waals surface area contributed by atoms with E-state index in [1.165, 1.54) is 6.07 Å². The molecule has 0 radical (unpaired) electrons. The maximum absolute atomic E-state index is 12.9. The van der Waals surface area contributed by atoms with Gasteiger partial charge in [-0.2, -0.15) is 0 Å². The predicted molar refractivity (Wildman–Crippen MR) is 54.5 cm³/mol. The molecule has 1 atom stereocenters. The topological polar surface area (TPSA) is 9.23 Å². The molecular formula is C11H12ClFO. The summed E-state index contributed by atoms with van der Waals surface area (Å²) < 4.78 is 18.5. The number of hydrogen-bond donors (Lipinski definition) is 0. The van der Waals surface area contributed by atoms with Crippen LogP contribution in [0.5, 0.6) is 5.75 Å². The molecule has 0 saturated heterocycles. The highest BCUT2D eigenvalue weighted by Crippen LogP contribution is 2.30. The molecular weight excluding hydrogens is 203 g/mol. The molecule has 2 rings (SSSR count). The summed E-state index contributed by atoms with van der Waals surface area (Å²) in [5, 5.41) is 0. The van der Waals surface area contributed by atoms with E-state index in [9.17, 15) is 4.39 Å². The highest BCUT2D eigenvalue weighted by atomic mass is 35.5. The van der Waals surface area contributed by atoms with Crippen LogP contribution in [0.3, 0.4) is 0 Å². The highest BCUT2D eigenvalue weighted by molar-refractivity contribution is 6.17. The number of ether oxygens (including phenoxy) is 1. The van der Waals surface area contributed by atoms with Crippen LogP contribution in [-0.4, -0.2) is 12.0 Å². The standard InChI is InChI=1S/C11H12ClFO/c12-5-1-2-10-7-8-6-9(13)3-4-11(8)14-10/h3-4,6,10H,1-2,5,7H2. The first kappa shape index (κ1) is 9.78. The number of hydrogen-bond acceptors (Lipinski definition) is 1. The van der Waals surface area contributed by atoms with Crippen molar-refractivity contribution in [1.82, 2.24) is 0 Å². The minimum atomic E-state index is -0.189. The summed E-state index contributed by atoms with van der Waals surface area (Å²) in [4.78, 5) is 0. The van der Waals surface area contributed by atoms with Crippen molar-refractivity contribution in [2.24, 2.45) is 0 Å². The van der Waals surface area contributed by atoms with Crippen molar-refractivity contribution in [2.75, 3.05) is 5.88 Å². The van der Waals surface area contributed by atoms with E-state index in [4.69, 9.17) is 16.3 Å². The fraction of sp³-hybridized carbons (Fsp3) is 0.455. The Morgan fingerprint density at radius 2 is 2.36 bits per heavy atom. The lowest BCUT2D eigenvalue weighted by Gasteiger charge is -2.08. The third-order valence-corrected chi connectivity index (χ3v) is 2.69. The predicted octanol–water partition coefficient (Wildman–Crippen LogP) is 3.15. The molecule has 0 aliphatic carbocycles. The Kier molecular flexibility index (Phi) is 2.92. The minimum absolute atomic E-state index is 0.186. The third-order valence-electron chi connectivity index (χ3n) is 2.42. The normalized spacial score (nSPS) is 19.1. The Hall–Kier alpha value is -0.760. The second-order valence-electron chi connectivity index (χ2n) is 3.53. The van der Waals surface area contributed by atoms with Crippen LogP contribution >= 0.6 is 11.6 Å². The zero-order chi connectivity index (χ0) is 9.97. The maximum Gasteiger partial charge on any atom is 0.123 e. The monoisotopic (exact) mass is 214 g/mol. The summed E-state index contributed by atoms with van der Waals surface area (Å²) >= 11 is 5.60. The van der Waals surface area contributed by atoms with Crippen molar-refractivity contribution in [2.45, 2.75) is 25.4 Å². The van der Waals surface area contributed by atoms with E-state index >= 15 is 0 Å². The molecule has 0 bridgehead atoms. The van der Waals surface area contributed by atoms with Crippen LogP contribution in [-0.2, 0) is 6.42 Å². The fourth-order valence-electron chi connectivity index (χ4n) is 1.75. The van der Waals surface area contributed by atoms with Crippen LogP contribution < -0.4 is 4.74 Å². The molecule has 1 unspecified atom stereocenters. The van der Waals surface area contributed by atoms with E-state index in [2.05, 4.69) is 0 Å². The molecule has 0 saturated carbocycles. The second kappa shape index (κ2) is 4.18. The average molecular weight is 215 g/mol. The van der Waals surface area contributed by atoms with Crippen LogP contribution in [0.1, 0.15) is 18.4 Å². The summed E-state index contributed by atoms with van der Waals surface area (Å²) in [7, 11) is 0. The van der Waals surface area contributed by atoms with Gasteiger partial charge in [0, 0.05) is 17.9 Å². The van der Waals surface area contributed by atoms with Gasteiger partial charge in [0.2, 0.25) is 0 Å². The molecule has 1 aliphatic rings. The first-order chi connectivity index (χ1) is 6.79. The van der Waals surface area contributed by atoms with Gasteiger partial charge in [-0.3, -0.25) is 0 Å². The number of fused-ring (bicyclic) bond motifs is 1. The van der Waals surface area contributed by atoms with Crippen molar-refractivity contribution < 1.29 is 9.13 Å².